The van der Waals surface area contributed by atoms with Gasteiger partial charge in [0.2, 0.25) is 5.91 Å². The minimum absolute atomic E-state index is 0.206. The third kappa shape index (κ3) is 4.40. The second kappa shape index (κ2) is 7.39. The lowest BCUT2D eigenvalue weighted by molar-refractivity contribution is -0.119. The number of primary amides is 1. The highest BCUT2D eigenvalue weighted by Gasteiger charge is 2.20. The Bertz CT molecular complexity index is 619. The first-order chi connectivity index (χ1) is 11.2. The van der Waals surface area contributed by atoms with E-state index in [1.807, 2.05) is 29.1 Å². The summed E-state index contributed by atoms with van der Waals surface area (Å²) in [5.41, 5.74) is 7.53. The third-order valence-electron chi connectivity index (χ3n) is 3.98. The number of carbonyl (C=O) groups excluding carboxylic acids is 1. The fraction of sp³-hybridized carbons (Fsp3) is 0.412. The van der Waals surface area contributed by atoms with Gasteiger partial charge in [-0.3, -0.25) is 9.69 Å². The SMILES string of the molecule is NC(=O)CN(Cc1ccc(-n2cccn2)cc1)CC1CCCO1. The van der Waals surface area contributed by atoms with Crippen LogP contribution in [0.5, 0.6) is 0 Å². The Morgan fingerprint density at radius 2 is 2.22 bits per heavy atom. The van der Waals surface area contributed by atoms with Crippen LogP contribution in [-0.2, 0) is 16.1 Å². The number of amides is 1. The number of rotatable bonds is 7. The molecule has 2 N–H and O–H groups in total. The van der Waals surface area contributed by atoms with Gasteiger partial charge in [-0.2, -0.15) is 5.10 Å². The molecule has 1 atom stereocenters. The number of benzene rings is 1. The van der Waals surface area contributed by atoms with E-state index in [1.54, 1.807) is 6.20 Å². The number of ether oxygens (including phenoxy) is 1. The summed E-state index contributed by atoms with van der Waals surface area (Å²) < 4.78 is 7.48. The van der Waals surface area contributed by atoms with Crippen LogP contribution in [0.15, 0.2) is 42.7 Å². The van der Waals surface area contributed by atoms with Crippen molar-refractivity contribution in [2.24, 2.45) is 5.73 Å². The van der Waals surface area contributed by atoms with Crippen LogP contribution >= 0.6 is 0 Å². The first-order valence-corrected chi connectivity index (χ1v) is 7.92. The van der Waals surface area contributed by atoms with Crippen LogP contribution in [0.25, 0.3) is 5.69 Å². The Labute approximate surface area is 135 Å². The van der Waals surface area contributed by atoms with Gasteiger partial charge in [0.25, 0.3) is 0 Å². The summed E-state index contributed by atoms with van der Waals surface area (Å²) in [4.78, 5) is 13.4. The molecule has 0 saturated carbocycles. The van der Waals surface area contributed by atoms with Gasteiger partial charge in [-0.05, 0) is 36.6 Å². The summed E-state index contributed by atoms with van der Waals surface area (Å²) in [6.45, 7) is 2.49. The smallest absolute Gasteiger partial charge is 0.231 e. The molecule has 6 heteroatoms. The van der Waals surface area contributed by atoms with Crippen molar-refractivity contribution in [3.8, 4) is 5.69 Å². The Morgan fingerprint density at radius 1 is 1.39 bits per heavy atom. The van der Waals surface area contributed by atoms with E-state index in [1.165, 1.54) is 0 Å². The van der Waals surface area contributed by atoms with E-state index in [2.05, 4.69) is 22.1 Å². The fourth-order valence-electron chi connectivity index (χ4n) is 2.92. The zero-order valence-electron chi connectivity index (χ0n) is 13.1. The molecule has 6 nitrogen and oxygen atoms in total. The third-order valence-corrected chi connectivity index (χ3v) is 3.98. The molecule has 3 rings (SSSR count). The molecule has 1 aliphatic heterocycles. The Hall–Kier alpha value is -2.18. The van der Waals surface area contributed by atoms with Crippen molar-refractivity contribution in [2.45, 2.75) is 25.5 Å². The van der Waals surface area contributed by atoms with Crippen molar-refractivity contribution in [1.29, 1.82) is 0 Å². The van der Waals surface area contributed by atoms with Gasteiger partial charge >= 0.3 is 0 Å². The molecule has 0 aliphatic carbocycles. The van der Waals surface area contributed by atoms with Gasteiger partial charge in [-0.25, -0.2) is 4.68 Å². The van der Waals surface area contributed by atoms with Gasteiger partial charge in [0.15, 0.2) is 0 Å². The quantitative estimate of drug-likeness (QED) is 0.837. The van der Waals surface area contributed by atoms with E-state index in [4.69, 9.17) is 10.5 Å². The summed E-state index contributed by atoms with van der Waals surface area (Å²) >= 11 is 0. The topological polar surface area (TPSA) is 73.4 Å². The molecule has 122 valence electrons. The number of hydrogen-bond acceptors (Lipinski definition) is 4. The maximum Gasteiger partial charge on any atom is 0.231 e. The lowest BCUT2D eigenvalue weighted by Gasteiger charge is -2.24. The first-order valence-electron chi connectivity index (χ1n) is 7.92. The average Bonchev–Trinajstić information content (AvgIpc) is 3.20. The van der Waals surface area contributed by atoms with Gasteiger partial charge < -0.3 is 10.5 Å². The molecule has 2 aromatic rings. The zero-order valence-corrected chi connectivity index (χ0v) is 13.1. The van der Waals surface area contributed by atoms with Gasteiger partial charge in [0, 0.05) is 32.1 Å². The summed E-state index contributed by atoms with van der Waals surface area (Å²) in [5.74, 6) is -0.309. The van der Waals surface area contributed by atoms with Crippen molar-refractivity contribution in [2.75, 3.05) is 19.7 Å². The van der Waals surface area contributed by atoms with E-state index < -0.39 is 0 Å². The van der Waals surface area contributed by atoms with Crippen molar-refractivity contribution in [3.05, 3.63) is 48.3 Å². The normalized spacial score (nSPS) is 17.7. The van der Waals surface area contributed by atoms with E-state index in [-0.39, 0.29) is 18.6 Å². The molecule has 1 saturated heterocycles. The molecular formula is C17H22N4O2. The van der Waals surface area contributed by atoms with Crippen LogP contribution < -0.4 is 5.73 Å². The Balaban J connectivity index is 1.64. The summed E-state index contributed by atoms with van der Waals surface area (Å²) in [5, 5.41) is 4.21. The van der Waals surface area contributed by atoms with Gasteiger partial charge in [0.05, 0.1) is 18.3 Å². The first kappa shape index (κ1) is 15.7. The highest BCUT2D eigenvalue weighted by atomic mass is 16.5. The van der Waals surface area contributed by atoms with Gasteiger partial charge in [-0.1, -0.05) is 12.1 Å². The predicted octanol–water partition coefficient (Wildman–Crippen LogP) is 1.34. The standard InChI is InChI=1S/C17H22N4O2/c18-17(22)13-20(12-16-3-1-10-23-16)11-14-4-6-15(7-5-14)21-9-2-8-19-21/h2,4-9,16H,1,3,10-13H2,(H2,18,22). The van der Waals surface area contributed by atoms with Crippen LogP contribution in [0, 0.1) is 0 Å². The Morgan fingerprint density at radius 3 is 2.83 bits per heavy atom. The number of nitrogens with two attached hydrogens (primary N) is 1. The molecule has 23 heavy (non-hydrogen) atoms. The number of nitrogens with zero attached hydrogens (tertiary/aromatic N) is 3. The van der Waals surface area contributed by atoms with Crippen molar-refractivity contribution >= 4 is 5.91 Å². The molecule has 0 radical (unpaired) electrons. The number of carbonyl (C=O) groups is 1. The molecule has 1 unspecified atom stereocenters. The van der Waals surface area contributed by atoms with Crippen LogP contribution in [-0.4, -0.2) is 46.4 Å². The van der Waals surface area contributed by atoms with Crippen molar-refractivity contribution in [3.63, 3.8) is 0 Å². The van der Waals surface area contributed by atoms with Gasteiger partial charge in [-0.15, -0.1) is 0 Å². The molecule has 1 fully saturated rings. The largest absolute Gasteiger partial charge is 0.377 e. The maximum absolute atomic E-state index is 11.3. The van der Waals surface area contributed by atoms with E-state index in [0.717, 1.165) is 37.2 Å². The lowest BCUT2D eigenvalue weighted by atomic mass is 10.1. The second-order valence-corrected chi connectivity index (χ2v) is 5.89. The summed E-state index contributed by atoms with van der Waals surface area (Å²) in [6.07, 6.45) is 6.01. The molecule has 0 bridgehead atoms. The Kier molecular flexibility index (Phi) is 5.05. The molecule has 1 aromatic heterocycles. The zero-order chi connectivity index (χ0) is 16.1. The number of hydrogen-bond donors (Lipinski definition) is 1. The highest BCUT2D eigenvalue weighted by Crippen LogP contribution is 2.16. The molecule has 1 aliphatic rings. The second-order valence-electron chi connectivity index (χ2n) is 5.89. The van der Waals surface area contributed by atoms with Crippen molar-refractivity contribution < 1.29 is 9.53 Å². The van der Waals surface area contributed by atoms with Crippen LogP contribution in [0.3, 0.4) is 0 Å². The van der Waals surface area contributed by atoms with Crippen LogP contribution in [0.2, 0.25) is 0 Å². The fourth-order valence-corrected chi connectivity index (χ4v) is 2.92. The maximum atomic E-state index is 11.3. The predicted molar refractivity (Wildman–Crippen MR) is 87.0 cm³/mol. The summed E-state index contributed by atoms with van der Waals surface area (Å²) in [6, 6.07) is 10.1. The minimum atomic E-state index is -0.309. The van der Waals surface area contributed by atoms with Crippen LogP contribution in [0.4, 0.5) is 0 Å². The van der Waals surface area contributed by atoms with E-state index >= 15 is 0 Å². The summed E-state index contributed by atoms with van der Waals surface area (Å²) in [7, 11) is 0. The monoisotopic (exact) mass is 314 g/mol. The lowest BCUT2D eigenvalue weighted by Crippen LogP contribution is -2.38. The highest BCUT2D eigenvalue weighted by molar-refractivity contribution is 5.75. The van der Waals surface area contributed by atoms with Crippen LogP contribution in [0.1, 0.15) is 18.4 Å². The molecule has 2 heterocycles. The van der Waals surface area contributed by atoms with E-state index in [9.17, 15) is 4.79 Å². The molecule has 0 spiro atoms. The molecular weight excluding hydrogens is 292 g/mol. The van der Waals surface area contributed by atoms with Gasteiger partial charge in [0.1, 0.15) is 0 Å². The molecule has 1 amide bonds. The average molecular weight is 314 g/mol. The van der Waals surface area contributed by atoms with E-state index in [0.29, 0.717) is 6.54 Å². The number of aromatic nitrogens is 2. The van der Waals surface area contributed by atoms with Crippen molar-refractivity contribution in [1.82, 2.24) is 14.7 Å². The molecule has 1 aromatic carbocycles. The minimum Gasteiger partial charge on any atom is -0.377 e.